The molecule has 0 saturated carbocycles. The normalized spacial score (nSPS) is 20.1. The maximum atomic E-state index is 12.3. The van der Waals surface area contributed by atoms with Gasteiger partial charge in [0.15, 0.2) is 11.3 Å². The molecule has 0 N–H and O–H groups in total. The highest BCUT2D eigenvalue weighted by Crippen LogP contribution is 2.25. The SMILES string of the molecule is Cc1cccc2c(=O)cc(N3CCC[C@@H](C)CC3)oc12. The van der Waals surface area contributed by atoms with Gasteiger partial charge in [0.2, 0.25) is 0 Å². The van der Waals surface area contributed by atoms with E-state index < -0.39 is 0 Å². The van der Waals surface area contributed by atoms with E-state index in [-0.39, 0.29) is 5.43 Å². The molecule has 1 fully saturated rings. The average Bonchev–Trinajstić information content (AvgIpc) is 2.65. The van der Waals surface area contributed by atoms with Crippen LogP contribution in [0.1, 0.15) is 31.7 Å². The van der Waals surface area contributed by atoms with Crippen LogP contribution in [0.4, 0.5) is 5.88 Å². The molecule has 3 rings (SSSR count). The van der Waals surface area contributed by atoms with Crippen LogP contribution in [-0.4, -0.2) is 13.1 Å². The minimum atomic E-state index is 0.0576. The van der Waals surface area contributed by atoms with Crippen LogP contribution >= 0.6 is 0 Å². The van der Waals surface area contributed by atoms with Crippen molar-refractivity contribution in [1.82, 2.24) is 0 Å². The molecule has 0 spiro atoms. The van der Waals surface area contributed by atoms with Gasteiger partial charge in [-0.25, -0.2) is 0 Å². The molecule has 1 aromatic heterocycles. The molecule has 1 saturated heterocycles. The number of anilines is 1. The summed E-state index contributed by atoms with van der Waals surface area (Å²) in [5.74, 6) is 1.49. The molecule has 0 unspecified atom stereocenters. The predicted molar refractivity (Wildman–Crippen MR) is 82.4 cm³/mol. The van der Waals surface area contributed by atoms with Gasteiger partial charge in [0.05, 0.1) is 5.39 Å². The number of hydrogen-bond acceptors (Lipinski definition) is 3. The molecule has 20 heavy (non-hydrogen) atoms. The van der Waals surface area contributed by atoms with Crippen LogP contribution in [0.3, 0.4) is 0 Å². The topological polar surface area (TPSA) is 33.5 Å². The summed E-state index contributed by atoms with van der Waals surface area (Å²) >= 11 is 0. The Hall–Kier alpha value is -1.77. The van der Waals surface area contributed by atoms with E-state index in [1.165, 1.54) is 6.42 Å². The van der Waals surface area contributed by atoms with Crippen LogP contribution in [0.25, 0.3) is 11.0 Å². The first-order valence-corrected chi connectivity index (χ1v) is 7.43. The second kappa shape index (κ2) is 5.31. The van der Waals surface area contributed by atoms with E-state index in [4.69, 9.17) is 4.42 Å². The Morgan fingerprint density at radius 3 is 2.95 bits per heavy atom. The van der Waals surface area contributed by atoms with Gasteiger partial charge in [0, 0.05) is 19.2 Å². The Balaban J connectivity index is 2.04. The Morgan fingerprint density at radius 1 is 1.25 bits per heavy atom. The predicted octanol–water partition coefficient (Wildman–Crippen LogP) is 3.73. The first-order chi connectivity index (χ1) is 9.65. The summed E-state index contributed by atoms with van der Waals surface area (Å²) < 4.78 is 6.03. The Kier molecular flexibility index (Phi) is 3.51. The quantitative estimate of drug-likeness (QED) is 0.792. The Bertz CT molecular complexity index is 674. The molecule has 1 aromatic carbocycles. The van der Waals surface area contributed by atoms with E-state index in [1.807, 2.05) is 25.1 Å². The lowest BCUT2D eigenvalue weighted by Crippen LogP contribution is -2.25. The molecule has 0 amide bonds. The Labute approximate surface area is 119 Å². The van der Waals surface area contributed by atoms with Gasteiger partial charge >= 0.3 is 0 Å². The lowest BCUT2D eigenvalue weighted by atomic mass is 10.0. The van der Waals surface area contributed by atoms with Crippen molar-refractivity contribution >= 4 is 16.9 Å². The van der Waals surface area contributed by atoms with Crippen LogP contribution in [0.2, 0.25) is 0 Å². The largest absolute Gasteiger partial charge is 0.440 e. The fourth-order valence-electron chi connectivity index (χ4n) is 2.95. The lowest BCUT2D eigenvalue weighted by molar-refractivity contribution is 0.518. The molecule has 2 aromatic rings. The van der Waals surface area contributed by atoms with Crippen molar-refractivity contribution in [3.8, 4) is 0 Å². The van der Waals surface area contributed by atoms with E-state index in [1.54, 1.807) is 6.07 Å². The van der Waals surface area contributed by atoms with Crippen molar-refractivity contribution in [2.75, 3.05) is 18.0 Å². The van der Waals surface area contributed by atoms with E-state index in [0.717, 1.165) is 48.9 Å². The van der Waals surface area contributed by atoms with Gasteiger partial charge in [-0.3, -0.25) is 4.79 Å². The molecule has 1 atom stereocenters. The maximum Gasteiger partial charge on any atom is 0.199 e. The van der Waals surface area contributed by atoms with Gasteiger partial charge in [-0.15, -0.1) is 0 Å². The van der Waals surface area contributed by atoms with Crippen LogP contribution in [0, 0.1) is 12.8 Å². The highest BCUT2D eigenvalue weighted by Gasteiger charge is 2.17. The number of rotatable bonds is 1. The molecule has 2 heterocycles. The molecule has 0 bridgehead atoms. The summed E-state index contributed by atoms with van der Waals surface area (Å²) in [6.07, 6.45) is 3.58. The lowest BCUT2D eigenvalue weighted by Gasteiger charge is -2.21. The van der Waals surface area contributed by atoms with E-state index in [9.17, 15) is 4.79 Å². The standard InChI is InChI=1S/C17H21NO2/c1-12-5-4-9-18(10-8-12)16-11-15(19)14-7-3-6-13(2)17(14)20-16/h3,6-7,11-12H,4-5,8-10H2,1-2H3/t12-/m1/s1. The number of fused-ring (bicyclic) bond motifs is 1. The zero-order chi connectivity index (χ0) is 14.1. The van der Waals surface area contributed by atoms with Crippen molar-refractivity contribution in [2.45, 2.75) is 33.1 Å². The molecule has 1 aliphatic rings. The zero-order valence-electron chi connectivity index (χ0n) is 12.2. The van der Waals surface area contributed by atoms with Gasteiger partial charge in [0.25, 0.3) is 0 Å². The molecule has 0 aliphatic carbocycles. The summed E-state index contributed by atoms with van der Waals surface area (Å²) in [6, 6.07) is 7.38. The number of benzene rings is 1. The van der Waals surface area contributed by atoms with Gasteiger partial charge in [-0.1, -0.05) is 19.1 Å². The van der Waals surface area contributed by atoms with Crippen molar-refractivity contribution in [1.29, 1.82) is 0 Å². The van der Waals surface area contributed by atoms with Gasteiger partial charge in [-0.05, 0) is 43.7 Å². The van der Waals surface area contributed by atoms with Crippen LogP contribution < -0.4 is 10.3 Å². The van der Waals surface area contributed by atoms with Crippen LogP contribution in [0.5, 0.6) is 0 Å². The second-order valence-electron chi connectivity index (χ2n) is 5.92. The van der Waals surface area contributed by atoms with Gasteiger partial charge < -0.3 is 9.32 Å². The molecule has 3 heteroatoms. The van der Waals surface area contributed by atoms with Crippen molar-refractivity contribution < 1.29 is 4.42 Å². The summed E-state index contributed by atoms with van der Waals surface area (Å²) in [7, 11) is 0. The van der Waals surface area contributed by atoms with Crippen molar-refractivity contribution in [2.24, 2.45) is 5.92 Å². The first-order valence-electron chi connectivity index (χ1n) is 7.43. The van der Waals surface area contributed by atoms with Crippen LogP contribution in [-0.2, 0) is 0 Å². The second-order valence-corrected chi connectivity index (χ2v) is 5.92. The van der Waals surface area contributed by atoms with E-state index in [0.29, 0.717) is 5.39 Å². The third-order valence-corrected chi connectivity index (χ3v) is 4.27. The smallest absolute Gasteiger partial charge is 0.199 e. The first kappa shape index (κ1) is 13.2. The van der Waals surface area contributed by atoms with Gasteiger partial charge in [0.1, 0.15) is 5.58 Å². The zero-order valence-corrected chi connectivity index (χ0v) is 12.2. The summed E-state index contributed by atoms with van der Waals surface area (Å²) in [5, 5.41) is 0.678. The molecule has 106 valence electrons. The fourth-order valence-corrected chi connectivity index (χ4v) is 2.95. The maximum absolute atomic E-state index is 12.3. The van der Waals surface area contributed by atoms with E-state index in [2.05, 4.69) is 11.8 Å². The summed E-state index contributed by atoms with van der Waals surface area (Å²) in [6.45, 7) is 6.23. The number of aryl methyl sites for hydroxylation is 1. The van der Waals surface area contributed by atoms with Crippen molar-refractivity contribution in [3.05, 3.63) is 40.1 Å². The number of para-hydroxylation sites is 1. The minimum Gasteiger partial charge on any atom is -0.440 e. The highest BCUT2D eigenvalue weighted by molar-refractivity contribution is 5.80. The fraction of sp³-hybridized carbons (Fsp3) is 0.471. The minimum absolute atomic E-state index is 0.0576. The molecule has 1 aliphatic heterocycles. The summed E-state index contributed by atoms with van der Waals surface area (Å²) in [5.41, 5.74) is 1.80. The van der Waals surface area contributed by atoms with Gasteiger partial charge in [-0.2, -0.15) is 0 Å². The monoisotopic (exact) mass is 271 g/mol. The number of nitrogens with zero attached hydrogens (tertiary/aromatic N) is 1. The van der Waals surface area contributed by atoms with Crippen molar-refractivity contribution in [3.63, 3.8) is 0 Å². The molecular weight excluding hydrogens is 250 g/mol. The molecule has 0 radical (unpaired) electrons. The highest BCUT2D eigenvalue weighted by atomic mass is 16.4. The Morgan fingerprint density at radius 2 is 2.10 bits per heavy atom. The molecule has 3 nitrogen and oxygen atoms in total. The summed E-state index contributed by atoms with van der Waals surface area (Å²) in [4.78, 5) is 14.5. The van der Waals surface area contributed by atoms with Crippen LogP contribution in [0.15, 0.2) is 33.5 Å². The average molecular weight is 271 g/mol. The third kappa shape index (κ3) is 2.45. The van der Waals surface area contributed by atoms with E-state index >= 15 is 0 Å². The molecular formula is C17H21NO2. The third-order valence-electron chi connectivity index (χ3n) is 4.27. The number of hydrogen-bond donors (Lipinski definition) is 0.